The summed E-state index contributed by atoms with van der Waals surface area (Å²) in [6, 6.07) is 10.8. The molecule has 0 aliphatic heterocycles. The molecule has 0 fully saturated rings. The monoisotopic (exact) mass is 327 g/mol. The lowest BCUT2D eigenvalue weighted by molar-refractivity contribution is -0.890. The van der Waals surface area contributed by atoms with Crippen LogP contribution >= 0.6 is 0 Å². The van der Waals surface area contributed by atoms with Crippen molar-refractivity contribution in [2.45, 2.75) is 45.4 Å². The Morgan fingerprint density at radius 2 is 1.42 bits per heavy atom. The van der Waals surface area contributed by atoms with Crippen molar-refractivity contribution in [2.75, 3.05) is 27.2 Å². The smallest absolute Gasteiger partial charge is 0.0782 e. The Morgan fingerprint density at radius 1 is 0.842 bits per heavy atom. The third-order valence-corrected chi connectivity index (χ3v) is 3.69. The van der Waals surface area contributed by atoms with Crippen molar-refractivity contribution in [1.29, 1.82) is 0 Å². The zero-order valence-electron chi connectivity index (χ0n) is 12.9. The van der Waals surface area contributed by atoms with Crippen LogP contribution in [0, 0.1) is 0 Å². The topological polar surface area (TPSA) is 0 Å². The maximum atomic E-state index is 2.37. The minimum Gasteiger partial charge on any atom is -1.00 e. The van der Waals surface area contributed by atoms with E-state index in [4.69, 9.17) is 0 Å². The Balaban J connectivity index is 0.00000324. The third-order valence-electron chi connectivity index (χ3n) is 3.69. The normalized spacial score (nSPS) is 11.1. The van der Waals surface area contributed by atoms with Crippen molar-refractivity contribution in [3.05, 3.63) is 35.9 Å². The van der Waals surface area contributed by atoms with Gasteiger partial charge in [0, 0.05) is 0 Å². The molecule has 0 atom stereocenters. The highest BCUT2D eigenvalue weighted by molar-refractivity contribution is 5.14. The van der Waals surface area contributed by atoms with E-state index in [-0.39, 0.29) is 17.0 Å². The molecule has 0 heterocycles. The van der Waals surface area contributed by atoms with Gasteiger partial charge in [0.1, 0.15) is 0 Å². The summed E-state index contributed by atoms with van der Waals surface area (Å²) < 4.78 is 1.19. The minimum absolute atomic E-state index is 0. The largest absolute Gasteiger partial charge is 1.00 e. The van der Waals surface area contributed by atoms with Crippen molar-refractivity contribution in [2.24, 2.45) is 0 Å². The molecule has 1 rings (SSSR count). The summed E-state index contributed by atoms with van der Waals surface area (Å²) in [5.41, 5.74) is 1.48. The average Bonchev–Trinajstić information content (AvgIpc) is 2.36. The molecule has 0 aromatic heterocycles. The first-order valence-electron chi connectivity index (χ1n) is 7.50. The zero-order valence-corrected chi connectivity index (χ0v) is 14.5. The van der Waals surface area contributed by atoms with Gasteiger partial charge in [-0.1, -0.05) is 43.7 Å². The second kappa shape index (κ2) is 10.4. The first-order chi connectivity index (χ1) is 8.64. The molecule has 0 aliphatic rings. The van der Waals surface area contributed by atoms with Gasteiger partial charge in [-0.15, -0.1) is 0 Å². The van der Waals surface area contributed by atoms with Crippen LogP contribution in [0.15, 0.2) is 30.3 Å². The van der Waals surface area contributed by atoms with Gasteiger partial charge in [0.25, 0.3) is 0 Å². The Morgan fingerprint density at radius 3 is 2.00 bits per heavy atom. The summed E-state index contributed by atoms with van der Waals surface area (Å²) in [5.74, 6) is 0. The minimum atomic E-state index is 0. The molecule has 0 spiro atoms. The summed E-state index contributed by atoms with van der Waals surface area (Å²) in [4.78, 5) is 0. The predicted octanol–water partition coefficient (Wildman–Crippen LogP) is 1.28. The van der Waals surface area contributed by atoms with Crippen LogP contribution in [0.1, 0.15) is 44.6 Å². The van der Waals surface area contributed by atoms with E-state index in [0.29, 0.717) is 0 Å². The lowest BCUT2D eigenvalue weighted by Crippen LogP contribution is -3.00. The summed E-state index contributed by atoms with van der Waals surface area (Å²) in [5, 5.41) is 0. The van der Waals surface area contributed by atoms with Crippen LogP contribution in [0.25, 0.3) is 0 Å². The van der Waals surface area contributed by atoms with Gasteiger partial charge in [-0.25, -0.2) is 0 Å². The van der Waals surface area contributed by atoms with Crippen molar-refractivity contribution in [3.8, 4) is 0 Å². The number of benzene rings is 1. The predicted molar refractivity (Wildman–Crippen MR) is 80.7 cm³/mol. The summed E-state index contributed by atoms with van der Waals surface area (Å²) in [6.45, 7) is 4.93. The van der Waals surface area contributed by atoms with Gasteiger partial charge < -0.3 is 21.5 Å². The highest BCUT2D eigenvalue weighted by Crippen LogP contribution is 2.09. The number of rotatable bonds is 9. The van der Waals surface area contributed by atoms with E-state index in [2.05, 4.69) is 51.4 Å². The van der Waals surface area contributed by atoms with E-state index in [1.54, 1.807) is 0 Å². The first-order valence-corrected chi connectivity index (χ1v) is 7.50. The molecule has 2 heteroatoms. The molecule has 0 bridgehead atoms. The molecule has 0 radical (unpaired) electrons. The lowest BCUT2D eigenvalue weighted by atomic mass is 10.1. The van der Waals surface area contributed by atoms with Crippen LogP contribution in [0.2, 0.25) is 0 Å². The molecule has 0 N–H and O–H groups in total. The summed E-state index contributed by atoms with van der Waals surface area (Å²) in [6.07, 6.45) is 7.98. The molecular weight excluding hydrogens is 298 g/mol. The van der Waals surface area contributed by atoms with Crippen LogP contribution in [0.5, 0.6) is 0 Å². The highest BCUT2D eigenvalue weighted by Gasteiger charge is 2.13. The van der Waals surface area contributed by atoms with Crippen LogP contribution in [-0.2, 0) is 6.42 Å². The van der Waals surface area contributed by atoms with Gasteiger partial charge in [0.15, 0.2) is 0 Å². The van der Waals surface area contributed by atoms with Crippen molar-refractivity contribution in [3.63, 3.8) is 0 Å². The second-order valence-electron chi connectivity index (χ2n) is 6.03. The van der Waals surface area contributed by atoms with Gasteiger partial charge in [-0.05, 0) is 37.7 Å². The Kier molecular flexibility index (Phi) is 10.3. The van der Waals surface area contributed by atoms with Crippen LogP contribution < -0.4 is 17.0 Å². The molecule has 0 aliphatic carbocycles. The van der Waals surface area contributed by atoms with E-state index < -0.39 is 0 Å². The van der Waals surface area contributed by atoms with E-state index >= 15 is 0 Å². The quantitative estimate of drug-likeness (QED) is 0.473. The molecule has 1 nitrogen and oxygen atoms in total. The molecule has 1 aromatic carbocycles. The zero-order chi connectivity index (χ0) is 13.3. The van der Waals surface area contributed by atoms with Crippen molar-refractivity contribution >= 4 is 0 Å². The molecule has 0 saturated heterocycles. The van der Waals surface area contributed by atoms with E-state index in [1.165, 1.54) is 61.7 Å². The Hall–Kier alpha value is -0.340. The fourth-order valence-corrected chi connectivity index (χ4v) is 2.42. The first kappa shape index (κ1) is 18.7. The number of quaternary nitrogens is 1. The van der Waals surface area contributed by atoms with E-state index in [9.17, 15) is 0 Å². The van der Waals surface area contributed by atoms with Crippen LogP contribution in [0.4, 0.5) is 0 Å². The lowest BCUT2D eigenvalue weighted by Gasteiger charge is -2.29. The maximum absolute atomic E-state index is 2.37. The van der Waals surface area contributed by atoms with Crippen LogP contribution in [0.3, 0.4) is 0 Å². The average molecular weight is 328 g/mol. The number of hydrogen-bond acceptors (Lipinski definition) is 0. The molecule has 1 aromatic rings. The SMILES string of the molecule is CCCCC[N+](C)(C)CCCCc1ccccc1.[Br-]. The van der Waals surface area contributed by atoms with Gasteiger partial charge in [0.05, 0.1) is 27.2 Å². The fraction of sp³-hybridized carbons (Fsp3) is 0.647. The Labute approximate surface area is 130 Å². The number of hydrogen-bond donors (Lipinski definition) is 0. The van der Waals surface area contributed by atoms with Gasteiger partial charge in [0.2, 0.25) is 0 Å². The Bertz CT molecular complexity index is 308. The third kappa shape index (κ3) is 9.23. The van der Waals surface area contributed by atoms with Gasteiger partial charge in [-0.3, -0.25) is 0 Å². The van der Waals surface area contributed by atoms with Crippen molar-refractivity contribution < 1.29 is 21.5 Å². The highest BCUT2D eigenvalue weighted by atomic mass is 79.9. The number of nitrogens with zero attached hydrogens (tertiary/aromatic N) is 1. The fourth-order valence-electron chi connectivity index (χ4n) is 2.42. The molecule has 0 amide bonds. The van der Waals surface area contributed by atoms with Gasteiger partial charge in [-0.2, -0.15) is 0 Å². The van der Waals surface area contributed by atoms with E-state index in [0.717, 1.165) is 0 Å². The standard InChI is InChI=1S/C17H30N.BrH/c1-4-5-10-15-18(2,3)16-11-9-14-17-12-7-6-8-13-17;/h6-8,12-13H,4-5,9-11,14-16H2,1-3H3;1H/q+1;/p-1. The second-order valence-corrected chi connectivity index (χ2v) is 6.03. The summed E-state index contributed by atoms with van der Waals surface area (Å²) >= 11 is 0. The molecule has 0 unspecified atom stereocenters. The van der Waals surface area contributed by atoms with E-state index in [1.807, 2.05) is 0 Å². The number of unbranched alkanes of at least 4 members (excludes halogenated alkanes) is 3. The number of halogens is 1. The molecule has 0 saturated carbocycles. The maximum Gasteiger partial charge on any atom is 0.0782 e. The summed E-state index contributed by atoms with van der Waals surface area (Å²) in [7, 11) is 4.75. The molecule has 110 valence electrons. The van der Waals surface area contributed by atoms with Crippen molar-refractivity contribution in [1.82, 2.24) is 0 Å². The molecule has 19 heavy (non-hydrogen) atoms. The number of aryl methyl sites for hydroxylation is 1. The van der Waals surface area contributed by atoms with Gasteiger partial charge >= 0.3 is 0 Å². The van der Waals surface area contributed by atoms with Crippen LogP contribution in [-0.4, -0.2) is 31.7 Å². The molecular formula is C17H30BrN.